The number of aryl methyl sites for hydroxylation is 2. The number of halogens is 1. The van der Waals surface area contributed by atoms with Crippen LogP contribution in [0, 0.1) is 31.0 Å². The lowest BCUT2D eigenvalue weighted by molar-refractivity contribution is -0.137. The van der Waals surface area contributed by atoms with Gasteiger partial charge in [-0.05, 0) is 73.5 Å². The third-order valence-corrected chi connectivity index (χ3v) is 5.48. The second-order valence-corrected chi connectivity index (χ2v) is 8.02. The Morgan fingerprint density at radius 3 is 2.61 bits per heavy atom. The number of carboxylic acids is 1. The molecule has 4 rings (SSSR count). The molecule has 3 aromatic rings. The number of ether oxygens (including phenoxy) is 1. The summed E-state index contributed by atoms with van der Waals surface area (Å²) in [5, 5.41) is 24.1. The first-order valence-electron chi connectivity index (χ1n) is 10.5. The zero-order valence-corrected chi connectivity index (χ0v) is 18.2. The lowest BCUT2D eigenvalue weighted by atomic mass is 10.0. The first-order chi connectivity index (χ1) is 15.8. The zero-order chi connectivity index (χ0) is 23.5. The molecule has 0 radical (unpaired) electrons. The van der Waals surface area contributed by atoms with Crippen molar-refractivity contribution in [2.24, 2.45) is 5.10 Å². The number of benzene rings is 3. The number of hydrazone groups is 1. The van der Waals surface area contributed by atoms with E-state index in [0.717, 1.165) is 16.7 Å². The van der Waals surface area contributed by atoms with Gasteiger partial charge in [-0.1, -0.05) is 17.7 Å². The Kier molecular flexibility index (Phi) is 6.09. The Hall–Kier alpha value is -4.18. The highest BCUT2D eigenvalue weighted by molar-refractivity contribution is 6.01. The maximum atomic E-state index is 14.2. The van der Waals surface area contributed by atoms with Crippen molar-refractivity contribution in [3.8, 4) is 28.7 Å². The Bertz CT molecular complexity index is 1280. The molecule has 1 aliphatic heterocycles. The largest absolute Gasteiger partial charge is 0.481 e. The molecule has 0 fully saturated rings. The maximum absolute atomic E-state index is 14.2. The van der Waals surface area contributed by atoms with Crippen molar-refractivity contribution in [2.45, 2.75) is 32.7 Å². The fourth-order valence-electron chi connectivity index (χ4n) is 3.84. The minimum atomic E-state index is -0.941. The van der Waals surface area contributed by atoms with Gasteiger partial charge in [0.2, 0.25) is 0 Å². The topological polar surface area (TPSA) is 85.9 Å². The van der Waals surface area contributed by atoms with Crippen LogP contribution >= 0.6 is 0 Å². The molecular weight excluding hydrogens is 421 g/mol. The molecule has 33 heavy (non-hydrogen) atoms. The van der Waals surface area contributed by atoms with Crippen molar-refractivity contribution in [3.05, 3.63) is 77.6 Å². The standard InChI is InChI=1S/C26H22FN3O3/c1-16-3-9-24(27)23(11-16)18-4-10-25(17(2)12-18)33-22-7-5-20(6-8-22)30-21(14-26(31)32)13-19(15-28)29-30/h3-12,21H,13-14H2,1-2H3,(H,31,32). The van der Waals surface area contributed by atoms with Crippen molar-refractivity contribution in [3.63, 3.8) is 0 Å². The van der Waals surface area contributed by atoms with Crippen molar-refractivity contribution in [1.82, 2.24) is 0 Å². The van der Waals surface area contributed by atoms with Gasteiger partial charge in [0.05, 0.1) is 18.2 Å². The molecule has 1 heterocycles. The fraction of sp³-hybridized carbons (Fsp3) is 0.192. The Balaban J connectivity index is 1.52. The molecule has 1 unspecified atom stereocenters. The number of nitriles is 1. The van der Waals surface area contributed by atoms with E-state index in [1.165, 1.54) is 6.07 Å². The average molecular weight is 443 g/mol. The second kappa shape index (κ2) is 9.13. The van der Waals surface area contributed by atoms with Crippen molar-refractivity contribution < 1.29 is 19.0 Å². The second-order valence-electron chi connectivity index (χ2n) is 8.02. The molecule has 0 amide bonds. The molecule has 0 saturated carbocycles. The van der Waals surface area contributed by atoms with Gasteiger partial charge in [-0.15, -0.1) is 0 Å². The number of nitrogens with zero attached hydrogens (tertiary/aromatic N) is 3. The van der Waals surface area contributed by atoms with Crippen molar-refractivity contribution in [2.75, 3.05) is 5.01 Å². The molecule has 1 aliphatic rings. The predicted octanol–water partition coefficient (Wildman–Crippen LogP) is 5.83. The number of carbonyl (C=O) groups is 1. The molecule has 7 heteroatoms. The summed E-state index contributed by atoms with van der Waals surface area (Å²) in [6.45, 7) is 3.83. The number of hydrogen-bond donors (Lipinski definition) is 1. The summed E-state index contributed by atoms with van der Waals surface area (Å²) < 4.78 is 20.3. The summed E-state index contributed by atoms with van der Waals surface area (Å²) in [5.74, 6) is 0.0301. The molecular formula is C26H22FN3O3. The molecule has 0 saturated heterocycles. The zero-order valence-electron chi connectivity index (χ0n) is 18.2. The molecule has 0 aromatic heterocycles. The van der Waals surface area contributed by atoms with E-state index in [9.17, 15) is 9.18 Å². The van der Waals surface area contributed by atoms with Gasteiger partial charge >= 0.3 is 5.97 Å². The van der Waals surface area contributed by atoms with Crippen LogP contribution in [-0.2, 0) is 4.79 Å². The predicted molar refractivity (Wildman–Crippen MR) is 124 cm³/mol. The van der Waals surface area contributed by atoms with Crippen LogP contribution in [0.3, 0.4) is 0 Å². The van der Waals surface area contributed by atoms with E-state index in [1.807, 2.05) is 44.2 Å². The number of aliphatic carboxylic acids is 1. The van der Waals surface area contributed by atoms with E-state index < -0.39 is 12.0 Å². The molecule has 1 atom stereocenters. The SMILES string of the molecule is Cc1ccc(F)c(-c2ccc(Oc3ccc(N4N=C(C#N)CC4CC(=O)O)cc3)c(C)c2)c1. The maximum Gasteiger partial charge on any atom is 0.305 e. The smallest absolute Gasteiger partial charge is 0.305 e. The van der Waals surface area contributed by atoms with E-state index in [0.29, 0.717) is 34.9 Å². The Labute approximate surface area is 191 Å². The first-order valence-corrected chi connectivity index (χ1v) is 10.5. The first kappa shape index (κ1) is 22.0. The molecule has 0 bridgehead atoms. The van der Waals surface area contributed by atoms with E-state index in [2.05, 4.69) is 5.10 Å². The summed E-state index contributed by atoms with van der Waals surface area (Å²) in [5.41, 5.74) is 4.16. The lowest BCUT2D eigenvalue weighted by Gasteiger charge is -2.22. The Morgan fingerprint density at radius 2 is 1.94 bits per heavy atom. The number of anilines is 1. The molecule has 6 nitrogen and oxygen atoms in total. The highest BCUT2D eigenvalue weighted by atomic mass is 19.1. The number of carboxylic acid groups (broad SMARTS) is 1. The normalized spacial score (nSPS) is 15.2. The highest BCUT2D eigenvalue weighted by Crippen LogP contribution is 2.33. The van der Waals surface area contributed by atoms with Crippen LogP contribution in [-0.4, -0.2) is 22.8 Å². The van der Waals surface area contributed by atoms with Gasteiger partial charge in [0.15, 0.2) is 0 Å². The summed E-state index contributed by atoms with van der Waals surface area (Å²) in [4.78, 5) is 11.2. The van der Waals surface area contributed by atoms with Gasteiger partial charge in [-0.25, -0.2) is 4.39 Å². The molecule has 1 N–H and O–H groups in total. The van der Waals surface area contributed by atoms with Crippen LogP contribution in [0.1, 0.15) is 24.0 Å². The molecule has 0 spiro atoms. The van der Waals surface area contributed by atoms with Gasteiger partial charge in [0, 0.05) is 12.0 Å². The minimum Gasteiger partial charge on any atom is -0.481 e. The average Bonchev–Trinajstić information content (AvgIpc) is 3.19. The lowest BCUT2D eigenvalue weighted by Crippen LogP contribution is -2.28. The van der Waals surface area contributed by atoms with Crippen LogP contribution in [0.2, 0.25) is 0 Å². The summed E-state index contributed by atoms with van der Waals surface area (Å²) in [7, 11) is 0. The monoisotopic (exact) mass is 443 g/mol. The van der Waals surface area contributed by atoms with Gasteiger partial charge < -0.3 is 9.84 Å². The van der Waals surface area contributed by atoms with E-state index >= 15 is 0 Å². The third-order valence-electron chi connectivity index (χ3n) is 5.48. The van der Waals surface area contributed by atoms with Crippen molar-refractivity contribution >= 4 is 17.4 Å². The van der Waals surface area contributed by atoms with Crippen LogP contribution < -0.4 is 9.75 Å². The van der Waals surface area contributed by atoms with Crippen molar-refractivity contribution in [1.29, 1.82) is 5.26 Å². The van der Waals surface area contributed by atoms with Gasteiger partial charge in [0.25, 0.3) is 0 Å². The molecule has 166 valence electrons. The third kappa shape index (κ3) is 4.85. The van der Waals surface area contributed by atoms with E-state index in [4.69, 9.17) is 15.1 Å². The molecule has 3 aromatic carbocycles. The van der Waals surface area contributed by atoms with Crippen LogP contribution in [0.4, 0.5) is 10.1 Å². The minimum absolute atomic E-state index is 0.111. The fourth-order valence-corrected chi connectivity index (χ4v) is 3.84. The highest BCUT2D eigenvalue weighted by Gasteiger charge is 2.29. The van der Waals surface area contributed by atoms with E-state index in [1.54, 1.807) is 35.3 Å². The summed E-state index contributed by atoms with van der Waals surface area (Å²) in [6.07, 6.45) is 0.189. The molecule has 0 aliphatic carbocycles. The van der Waals surface area contributed by atoms with Gasteiger partial charge in [0.1, 0.15) is 29.1 Å². The van der Waals surface area contributed by atoms with Gasteiger partial charge in [-0.3, -0.25) is 9.80 Å². The van der Waals surface area contributed by atoms with Crippen LogP contribution in [0.25, 0.3) is 11.1 Å². The number of hydrogen-bond acceptors (Lipinski definition) is 5. The summed E-state index contributed by atoms with van der Waals surface area (Å²) >= 11 is 0. The quantitative estimate of drug-likeness (QED) is 0.518. The van der Waals surface area contributed by atoms with E-state index in [-0.39, 0.29) is 12.2 Å². The number of rotatable bonds is 6. The Morgan fingerprint density at radius 1 is 1.18 bits per heavy atom. The summed E-state index contributed by atoms with van der Waals surface area (Å²) in [6, 6.07) is 19.2. The van der Waals surface area contributed by atoms with Crippen LogP contribution in [0.5, 0.6) is 11.5 Å². The van der Waals surface area contributed by atoms with Crippen LogP contribution in [0.15, 0.2) is 65.8 Å². The van der Waals surface area contributed by atoms with Gasteiger partial charge in [-0.2, -0.15) is 10.4 Å².